The average Bonchev–Trinajstić information content (AvgIpc) is 2.40. The van der Waals surface area contributed by atoms with Crippen LogP contribution in [-0.2, 0) is 16.0 Å². The van der Waals surface area contributed by atoms with E-state index in [1.54, 1.807) is 7.05 Å². The van der Waals surface area contributed by atoms with Crippen LogP contribution in [0, 0.1) is 0 Å². The van der Waals surface area contributed by atoms with E-state index in [4.69, 9.17) is 9.47 Å². The van der Waals surface area contributed by atoms with E-state index in [9.17, 15) is 4.79 Å². The van der Waals surface area contributed by atoms with Crippen LogP contribution in [0.25, 0.3) is 0 Å². The van der Waals surface area contributed by atoms with E-state index in [-0.39, 0.29) is 5.97 Å². The number of hydrogen-bond donors (Lipinski definition) is 1. The minimum atomic E-state index is -0.706. The fraction of sp³-hybridized carbons (Fsp3) is 0.500. The first-order valence-corrected chi connectivity index (χ1v) is 6.04. The highest BCUT2D eigenvalue weighted by atomic mass is 16.5. The van der Waals surface area contributed by atoms with Gasteiger partial charge in [0.25, 0.3) is 0 Å². The molecule has 0 saturated heterocycles. The van der Waals surface area contributed by atoms with Crippen molar-refractivity contribution in [1.29, 1.82) is 0 Å². The average molecular weight is 251 g/mol. The Morgan fingerprint density at radius 3 is 2.39 bits per heavy atom. The van der Waals surface area contributed by atoms with Crippen LogP contribution in [0.4, 0.5) is 0 Å². The van der Waals surface area contributed by atoms with Crippen molar-refractivity contribution in [3.63, 3.8) is 0 Å². The molecule has 0 bridgehead atoms. The topological polar surface area (TPSA) is 47.6 Å². The summed E-state index contributed by atoms with van der Waals surface area (Å²) in [6.45, 7) is 4.42. The zero-order valence-electron chi connectivity index (χ0n) is 11.4. The van der Waals surface area contributed by atoms with Gasteiger partial charge in [-0.3, -0.25) is 4.79 Å². The second kappa shape index (κ2) is 6.40. The molecule has 0 aliphatic heterocycles. The summed E-state index contributed by atoms with van der Waals surface area (Å²) in [4.78, 5) is 11.7. The summed E-state index contributed by atoms with van der Waals surface area (Å²) in [5, 5.41) is 3.01. The van der Waals surface area contributed by atoms with Gasteiger partial charge in [-0.1, -0.05) is 12.1 Å². The maximum atomic E-state index is 11.7. The fourth-order valence-corrected chi connectivity index (χ4v) is 1.77. The molecule has 4 nitrogen and oxygen atoms in total. The van der Waals surface area contributed by atoms with Gasteiger partial charge in [-0.05, 0) is 38.6 Å². The number of hydrogen-bond acceptors (Lipinski definition) is 4. The van der Waals surface area contributed by atoms with Gasteiger partial charge >= 0.3 is 5.97 Å². The Bertz CT molecular complexity index is 389. The van der Waals surface area contributed by atoms with Crippen LogP contribution in [-0.4, -0.2) is 32.3 Å². The number of benzene rings is 1. The van der Waals surface area contributed by atoms with Crippen molar-refractivity contribution < 1.29 is 14.3 Å². The maximum absolute atomic E-state index is 11.7. The van der Waals surface area contributed by atoms with Crippen LogP contribution in [0.15, 0.2) is 24.3 Å². The molecular weight excluding hydrogens is 230 g/mol. The normalized spacial score (nSPS) is 13.8. The monoisotopic (exact) mass is 251 g/mol. The molecule has 100 valence electrons. The zero-order valence-corrected chi connectivity index (χ0v) is 11.4. The predicted molar refractivity (Wildman–Crippen MR) is 70.8 cm³/mol. The van der Waals surface area contributed by atoms with Crippen molar-refractivity contribution in [2.24, 2.45) is 0 Å². The standard InChI is InChI=1S/C14H21NO3/c1-5-18-12-8-6-11(7-9-12)10-14(2,15-3)13(16)17-4/h6-9,15H,5,10H2,1-4H3. The third-order valence-corrected chi connectivity index (χ3v) is 2.98. The molecule has 4 heteroatoms. The highest BCUT2D eigenvalue weighted by Gasteiger charge is 2.32. The molecule has 0 aliphatic rings. The molecule has 1 unspecified atom stereocenters. The number of rotatable bonds is 6. The van der Waals surface area contributed by atoms with Gasteiger partial charge in [-0.25, -0.2) is 0 Å². The smallest absolute Gasteiger partial charge is 0.326 e. The fourth-order valence-electron chi connectivity index (χ4n) is 1.77. The number of methoxy groups -OCH3 is 1. The molecule has 1 atom stereocenters. The number of nitrogens with one attached hydrogen (secondary N) is 1. The summed E-state index contributed by atoms with van der Waals surface area (Å²) in [6.07, 6.45) is 0.572. The Labute approximate surface area is 108 Å². The Balaban J connectivity index is 2.79. The lowest BCUT2D eigenvalue weighted by molar-refractivity contribution is -0.147. The van der Waals surface area contributed by atoms with Crippen LogP contribution < -0.4 is 10.1 Å². The largest absolute Gasteiger partial charge is 0.494 e. The third-order valence-electron chi connectivity index (χ3n) is 2.98. The number of likely N-dealkylation sites (N-methyl/N-ethyl adjacent to an activating group) is 1. The number of carbonyl (C=O) groups is 1. The van der Waals surface area contributed by atoms with Gasteiger partial charge in [0, 0.05) is 6.42 Å². The van der Waals surface area contributed by atoms with Crippen LogP contribution >= 0.6 is 0 Å². The van der Waals surface area contributed by atoms with Gasteiger partial charge in [-0.15, -0.1) is 0 Å². The Kier molecular flexibility index (Phi) is 5.16. The predicted octanol–water partition coefficient (Wildman–Crippen LogP) is 1.78. The molecule has 1 aromatic rings. The van der Waals surface area contributed by atoms with Crippen molar-refractivity contribution in [2.75, 3.05) is 20.8 Å². The molecule has 0 fully saturated rings. The van der Waals surface area contributed by atoms with Gasteiger partial charge < -0.3 is 14.8 Å². The lowest BCUT2D eigenvalue weighted by Gasteiger charge is -2.26. The lowest BCUT2D eigenvalue weighted by atomic mass is 9.93. The van der Waals surface area contributed by atoms with Crippen LogP contribution in [0.3, 0.4) is 0 Å². The molecule has 1 aromatic carbocycles. The quantitative estimate of drug-likeness (QED) is 0.783. The first-order valence-electron chi connectivity index (χ1n) is 6.04. The number of esters is 1. The van der Waals surface area contributed by atoms with Crippen LogP contribution in [0.2, 0.25) is 0 Å². The second-order valence-electron chi connectivity index (χ2n) is 4.33. The Morgan fingerprint density at radius 1 is 1.33 bits per heavy atom. The molecule has 0 amide bonds. The van der Waals surface area contributed by atoms with Gasteiger partial charge in [0.05, 0.1) is 13.7 Å². The van der Waals surface area contributed by atoms with E-state index in [2.05, 4.69) is 5.32 Å². The molecular formula is C14H21NO3. The third kappa shape index (κ3) is 3.47. The molecule has 1 rings (SSSR count). The zero-order chi connectivity index (χ0) is 13.6. The highest BCUT2D eigenvalue weighted by molar-refractivity contribution is 5.80. The van der Waals surface area contributed by atoms with Crippen LogP contribution in [0.5, 0.6) is 5.75 Å². The Morgan fingerprint density at radius 2 is 1.94 bits per heavy atom. The first-order chi connectivity index (χ1) is 8.55. The van der Waals surface area contributed by atoms with E-state index in [1.807, 2.05) is 38.1 Å². The summed E-state index contributed by atoms with van der Waals surface area (Å²) in [6, 6.07) is 7.74. The van der Waals surface area contributed by atoms with Gasteiger partial charge in [0.15, 0.2) is 0 Å². The van der Waals surface area contributed by atoms with Gasteiger partial charge in [0.2, 0.25) is 0 Å². The number of ether oxygens (including phenoxy) is 2. The molecule has 0 spiro atoms. The number of carbonyl (C=O) groups excluding carboxylic acids is 1. The Hall–Kier alpha value is -1.55. The van der Waals surface area contributed by atoms with Gasteiger partial charge in [0.1, 0.15) is 11.3 Å². The van der Waals surface area contributed by atoms with E-state index in [0.29, 0.717) is 13.0 Å². The minimum Gasteiger partial charge on any atom is -0.494 e. The van der Waals surface area contributed by atoms with Crippen molar-refractivity contribution in [2.45, 2.75) is 25.8 Å². The van der Waals surface area contributed by atoms with Crippen molar-refractivity contribution in [3.8, 4) is 5.75 Å². The molecule has 0 aliphatic carbocycles. The summed E-state index contributed by atoms with van der Waals surface area (Å²) >= 11 is 0. The summed E-state index contributed by atoms with van der Waals surface area (Å²) in [5.41, 5.74) is 0.350. The van der Waals surface area contributed by atoms with Crippen molar-refractivity contribution >= 4 is 5.97 Å². The first kappa shape index (κ1) is 14.5. The van der Waals surface area contributed by atoms with Crippen molar-refractivity contribution in [3.05, 3.63) is 29.8 Å². The molecule has 0 saturated carbocycles. The molecule has 0 aromatic heterocycles. The SMILES string of the molecule is CCOc1ccc(CC(C)(NC)C(=O)OC)cc1. The van der Waals surface area contributed by atoms with Gasteiger partial charge in [-0.2, -0.15) is 0 Å². The maximum Gasteiger partial charge on any atom is 0.326 e. The minimum absolute atomic E-state index is 0.265. The summed E-state index contributed by atoms with van der Waals surface area (Å²) in [5.74, 6) is 0.573. The van der Waals surface area contributed by atoms with E-state index >= 15 is 0 Å². The van der Waals surface area contributed by atoms with Crippen molar-refractivity contribution in [1.82, 2.24) is 5.32 Å². The second-order valence-corrected chi connectivity index (χ2v) is 4.33. The highest BCUT2D eigenvalue weighted by Crippen LogP contribution is 2.18. The lowest BCUT2D eigenvalue weighted by Crippen LogP contribution is -2.50. The molecule has 18 heavy (non-hydrogen) atoms. The molecule has 1 N–H and O–H groups in total. The van der Waals surface area contributed by atoms with E-state index < -0.39 is 5.54 Å². The van der Waals surface area contributed by atoms with Crippen LogP contribution in [0.1, 0.15) is 19.4 Å². The summed E-state index contributed by atoms with van der Waals surface area (Å²) < 4.78 is 10.2. The molecule has 0 radical (unpaired) electrons. The summed E-state index contributed by atoms with van der Waals surface area (Å²) in [7, 11) is 3.15. The van der Waals surface area contributed by atoms with E-state index in [1.165, 1.54) is 7.11 Å². The van der Waals surface area contributed by atoms with E-state index in [0.717, 1.165) is 11.3 Å². The molecule has 0 heterocycles.